The van der Waals surface area contributed by atoms with Crippen LogP contribution in [0.2, 0.25) is 0 Å². The molecule has 0 unspecified atom stereocenters. The highest BCUT2D eigenvalue weighted by atomic mass is 16.4. The summed E-state index contributed by atoms with van der Waals surface area (Å²) in [5.74, 6) is -2.09. The van der Waals surface area contributed by atoms with Crippen LogP contribution in [-0.4, -0.2) is 22.2 Å². The predicted molar refractivity (Wildman–Crippen MR) is 95.6 cm³/mol. The zero-order valence-corrected chi connectivity index (χ0v) is 13.7. The van der Waals surface area contributed by atoms with Crippen LogP contribution in [0.3, 0.4) is 0 Å². The molecule has 0 saturated heterocycles. The van der Waals surface area contributed by atoms with E-state index in [1.165, 1.54) is 5.56 Å². The lowest BCUT2D eigenvalue weighted by molar-refractivity contribution is -0.133. The molecule has 0 spiro atoms. The van der Waals surface area contributed by atoms with E-state index in [-0.39, 0.29) is 24.0 Å². The third kappa shape index (κ3) is 3.11. The first-order chi connectivity index (χ1) is 11.9. The van der Waals surface area contributed by atoms with Crippen LogP contribution >= 0.6 is 0 Å². The van der Waals surface area contributed by atoms with Crippen molar-refractivity contribution in [3.05, 3.63) is 83.0 Å². The van der Waals surface area contributed by atoms with Gasteiger partial charge in [0.25, 0.3) is 0 Å². The maximum absolute atomic E-state index is 11.3. The molecule has 0 atom stereocenters. The summed E-state index contributed by atoms with van der Waals surface area (Å²) in [5, 5.41) is 18.3. The number of hydrogen-bond donors (Lipinski definition) is 2. The molecule has 0 aromatic heterocycles. The fourth-order valence-electron chi connectivity index (χ4n) is 3.30. The average molecular weight is 334 g/mol. The van der Waals surface area contributed by atoms with Crippen LogP contribution in [0.1, 0.15) is 22.3 Å². The minimum absolute atomic E-state index is 0.0812. The SMILES string of the molecule is C=C(Cc1ccc2c(c1CC(=C)C(=O)O)Cc1ccccc1-2)C(=O)O. The average Bonchev–Trinajstić information content (AvgIpc) is 2.95. The topological polar surface area (TPSA) is 74.6 Å². The second-order valence-corrected chi connectivity index (χ2v) is 6.23. The number of aliphatic carboxylic acids is 2. The zero-order valence-electron chi connectivity index (χ0n) is 13.7. The number of benzene rings is 2. The van der Waals surface area contributed by atoms with E-state index in [4.69, 9.17) is 5.11 Å². The van der Waals surface area contributed by atoms with Crippen LogP contribution in [0.5, 0.6) is 0 Å². The van der Waals surface area contributed by atoms with Crippen molar-refractivity contribution >= 4 is 11.9 Å². The van der Waals surface area contributed by atoms with Gasteiger partial charge in [-0.2, -0.15) is 0 Å². The van der Waals surface area contributed by atoms with Crippen molar-refractivity contribution in [2.24, 2.45) is 0 Å². The van der Waals surface area contributed by atoms with E-state index in [1.807, 2.05) is 30.3 Å². The molecule has 4 nitrogen and oxygen atoms in total. The van der Waals surface area contributed by atoms with Crippen LogP contribution in [0.4, 0.5) is 0 Å². The molecule has 1 aliphatic rings. The van der Waals surface area contributed by atoms with Gasteiger partial charge in [-0.05, 0) is 39.8 Å². The van der Waals surface area contributed by atoms with E-state index in [9.17, 15) is 14.7 Å². The van der Waals surface area contributed by atoms with Crippen LogP contribution in [0, 0.1) is 0 Å². The summed E-state index contributed by atoms with van der Waals surface area (Å²) in [6.45, 7) is 7.24. The van der Waals surface area contributed by atoms with Gasteiger partial charge in [-0.1, -0.05) is 49.6 Å². The second-order valence-electron chi connectivity index (χ2n) is 6.23. The number of carbonyl (C=O) groups is 2. The Morgan fingerprint density at radius 2 is 1.52 bits per heavy atom. The Hall–Kier alpha value is -3.14. The highest BCUT2D eigenvalue weighted by Gasteiger charge is 2.24. The second kappa shape index (κ2) is 6.40. The van der Waals surface area contributed by atoms with Gasteiger partial charge in [0.2, 0.25) is 0 Å². The molecule has 4 heteroatoms. The van der Waals surface area contributed by atoms with Crippen LogP contribution in [0.25, 0.3) is 11.1 Å². The summed E-state index contributed by atoms with van der Waals surface area (Å²) < 4.78 is 0. The molecule has 0 saturated carbocycles. The first-order valence-corrected chi connectivity index (χ1v) is 7.92. The third-order valence-electron chi connectivity index (χ3n) is 4.60. The van der Waals surface area contributed by atoms with Gasteiger partial charge in [-0.15, -0.1) is 0 Å². The number of carboxylic acid groups (broad SMARTS) is 2. The van der Waals surface area contributed by atoms with E-state index in [0.29, 0.717) is 6.42 Å². The normalized spacial score (nSPS) is 11.5. The van der Waals surface area contributed by atoms with Crippen LogP contribution in [-0.2, 0) is 28.9 Å². The Balaban J connectivity index is 2.10. The van der Waals surface area contributed by atoms with Gasteiger partial charge in [0.1, 0.15) is 0 Å². The van der Waals surface area contributed by atoms with Gasteiger partial charge in [0, 0.05) is 24.0 Å². The lowest BCUT2D eigenvalue weighted by Gasteiger charge is -2.15. The van der Waals surface area contributed by atoms with Crippen molar-refractivity contribution in [2.75, 3.05) is 0 Å². The maximum Gasteiger partial charge on any atom is 0.331 e. The Labute approximate surface area is 145 Å². The first-order valence-electron chi connectivity index (χ1n) is 7.92. The molecule has 0 fully saturated rings. The smallest absolute Gasteiger partial charge is 0.331 e. The summed E-state index contributed by atoms with van der Waals surface area (Å²) in [4.78, 5) is 22.4. The molecular formula is C21H18O4. The predicted octanol–water partition coefficient (Wildman–Crippen LogP) is 3.62. The quantitative estimate of drug-likeness (QED) is 0.675. The lowest BCUT2D eigenvalue weighted by atomic mass is 9.89. The van der Waals surface area contributed by atoms with Gasteiger partial charge in [-0.3, -0.25) is 0 Å². The molecule has 2 aromatic rings. The van der Waals surface area contributed by atoms with Gasteiger partial charge >= 0.3 is 11.9 Å². The fraction of sp³-hybridized carbons (Fsp3) is 0.143. The lowest BCUT2D eigenvalue weighted by Crippen LogP contribution is -2.10. The zero-order chi connectivity index (χ0) is 18.1. The Kier molecular flexibility index (Phi) is 4.28. The van der Waals surface area contributed by atoms with Gasteiger partial charge in [-0.25, -0.2) is 9.59 Å². The van der Waals surface area contributed by atoms with Gasteiger partial charge in [0.05, 0.1) is 0 Å². The van der Waals surface area contributed by atoms with Crippen LogP contribution in [0.15, 0.2) is 60.7 Å². The summed E-state index contributed by atoms with van der Waals surface area (Å²) >= 11 is 0. The molecule has 2 aromatic carbocycles. The molecule has 0 radical (unpaired) electrons. The molecule has 0 bridgehead atoms. The maximum atomic E-state index is 11.3. The van der Waals surface area contributed by atoms with Crippen molar-refractivity contribution in [1.29, 1.82) is 0 Å². The number of carboxylic acids is 2. The van der Waals surface area contributed by atoms with E-state index >= 15 is 0 Å². The summed E-state index contributed by atoms with van der Waals surface area (Å²) in [7, 11) is 0. The molecule has 126 valence electrons. The molecule has 0 aliphatic heterocycles. The monoisotopic (exact) mass is 334 g/mol. The van der Waals surface area contributed by atoms with Gasteiger partial charge in [0.15, 0.2) is 0 Å². The third-order valence-corrected chi connectivity index (χ3v) is 4.60. The fourth-order valence-corrected chi connectivity index (χ4v) is 3.30. The van der Waals surface area contributed by atoms with Crippen molar-refractivity contribution in [3.8, 4) is 11.1 Å². The van der Waals surface area contributed by atoms with Crippen molar-refractivity contribution in [1.82, 2.24) is 0 Å². The molecule has 3 rings (SSSR count). The number of hydrogen-bond acceptors (Lipinski definition) is 2. The van der Waals surface area contributed by atoms with Crippen molar-refractivity contribution in [2.45, 2.75) is 19.3 Å². The van der Waals surface area contributed by atoms with Crippen molar-refractivity contribution in [3.63, 3.8) is 0 Å². The van der Waals surface area contributed by atoms with E-state index < -0.39 is 11.9 Å². The Bertz CT molecular complexity index is 921. The number of fused-ring (bicyclic) bond motifs is 3. The Morgan fingerprint density at radius 3 is 2.20 bits per heavy atom. The summed E-state index contributed by atoms with van der Waals surface area (Å²) in [6.07, 6.45) is 1.08. The molecular weight excluding hydrogens is 316 g/mol. The molecule has 2 N–H and O–H groups in total. The molecule has 25 heavy (non-hydrogen) atoms. The summed E-state index contributed by atoms with van der Waals surface area (Å²) in [6, 6.07) is 11.9. The standard InChI is InChI=1S/C21H18O4/c1-12(20(22)23)9-15-7-8-17-16-6-4-3-5-14(16)11-19(17)18(15)10-13(2)21(24)25/h3-8H,1-2,9-11H2,(H,22,23)(H,24,25). The first kappa shape index (κ1) is 16.7. The Morgan fingerprint density at radius 1 is 0.880 bits per heavy atom. The van der Waals surface area contributed by atoms with E-state index in [0.717, 1.165) is 27.8 Å². The highest BCUT2D eigenvalue weighted by Crippen LogP contribution is 2.40. The minimum atomic E-state index is -1.05. The largest absolute Gasteiger partial charge is 0.478 e. The van der Waals surface area contributed by atoms with Gasteiger partial charge < -0.3 is 10.2 Å². The van der Waals surface area contributed by atoms with E-state index in [1.54, 1.807) is 0 Å². The van der Waals surface area contributed by atoms with Crippen molar-refractivity contribution < 1.29 is 19.8 Å². The summed E-state index contributed by atoms with van der Waals surface area (Å²) in [5.41, 5.74) is 6.28. The highest BCUT2D eigenvalue weighted by molar-refractivity contribution is 5.88. The molecule has 0 amide bonds. The minimum Gasteiger partial charge on any atom is -0.478 e. The number of rotatable bonds is 6. The molecule has 0 heterocycles. The molecule has 1 aliphatic carbocycles. The van der Waals surface area contributed by atoms with Crippen LogP contribution < -0.4 is 0 Å². The van der Waals surface area contributed by atoms with E-state index in [2.05, 4.69) is 19.2 Å².